The van der Waals surface area contributed by atoms with Crippen molar-refractivity contribution in [3.05, 3.63) is 52.3 Å². The first-order valence-corrected chi connectivity index (χ1v) is 7.88. The normalized spacial score (nSPS) is 14.7. The molecule has 1 aromatic carbocycles. The fourth-order valence-electron chi connectivity index (χ4n) is 2.81. The Kier molecular flexibility index (Phi) is 4.23. The summed E-state index contributed by atoms with van der Waals surface area (Å²) in [6.45, 7) is 6.69. The molecule has 3 rings (SSSR count). The lowest BCUT2D eigenvalue weighted by Crippen LogP contribution is -2.48. The van der Waals surface area contributed by atoms with Crippen LogP contribution in [0.15, 0.2) is 30.3 Å². The number of nitrogens with zero attached hydrogens (tertiary/aromatic N) is 1. The molecule has 1 aromatic heterocycles. The fraction of sp³-hybridized carbons (Fsp3) is 0.353. The van der Waals surface area contributed by atoms with Crippen LogP contribution < -0.4 is 10.6 Å². The molecule has 1 aliphatic rings. The smallest absolute Gasteiger partial charge is 0.253 e. The van der Waals surface area contributed by atoms with Crippen LogP contribution >= 0.6 is 11.6 Å². The lowest BCUT2D eigenvalue weighted by molar-refractivity contribution is 0.0941. The number of rotatable bonds is 4. The molecule has 1 saturated heterocycles. The summed E-state index contributed by atoms with van der Waals surface area (Å²) in [5, 5.41) is 6.95. The second-order valence-electron chi connectivity index (χ2n) is 5.83. The average Bonchev–Trinajstić information content (AvgIpc) is 2.74. The highest BCUT2D eigenvalue weighted by atomic mass is 35.5. The summed E-state index contributed by atoms with van der Waals surface area (Å²) < 4.78 is 2.08. The van der Waals surface area contributed by atoms with Crippen molar-refractivity contribution >= 4 is 17.5 Å². The number of nitrogens with one attached hydrogen (secondary N) is 2. The summed E-state index contributed by atoms with van der Waals surface area (Å²) in [5.74, 6) is 0.559. The zero-order valence-electron chi connectivity index (χ0n) is 12.8. The van der Waals surface area contributed by atoms with Crippen LogP contribution in [-0.4, -0.2) is 30.1 Å². The van der Waals surface area contributed by atoms with Crippen LogP contribution in [0.5, 0.6) is 0 Å². The number of hydrogen-bond donors (Lipinski definition) is 2. The van der Waals surface area contributed by atoms with Crippen molar-refractivity contribution in [2.45, 2.75) is 13.8 Å². The molecular formula is C17H20ClN3O. The molecule has 0 saturated carbocycles. The number of aromatic nitrogens is 1. The Morgan fingerprint density at radius 3 is 2.59 bits per heavy atom. The number of amides is 1. The maximum atomic E-state index is 12.4. The van der Waals surface area contributed by atoms with Crippen LogP contribution in [0, 0.1) is 19.8 Å². The van der Waals surface area contributed by atoms with Gasteiger partial charge in [0.05, 0.1) is 5.56 Å². The Balaban J connectivity index is 1.82. The lowest BCUT2D eigenvalue weighted by Gasteiger charge is -2.27. The van der Waals surface area contributed by atoms with Crippen molar-refractivity contribution in [3.8, 4) is 5.69 Å². The molecule has 0 aliphatic carbocycles. The minimum absolute atomic E-state index is 0.000198. The predicted molar refractivity (Wildman–Crippen MR) is 88.9 cm³/mol. The van der Waals surface area contributed by atoms with Crippen molar-refractivity contribution in [1.29, 1.82) is 0 Å². The molecule has 1 aliphatic heterocycles. The van der Waals surface area contributed by atoms with Crippen molar-refractivity contribution < 1.29 is 4.79 Å². The van der Waals surface area contributed by atoms with E-state index >= 15 is 0 Å². The van der Waals surface area contributed by atoms with E-state index in [2.05, 4.69) is 15.2 Å². The standard InChI is InChI=1S/C17H20ClN3O/c1-11-7-16(17(22)20-10-13-8-19-9-13)12(2)21(11)15-5-3-14(18)4-6-15/h3-7,13,19H,8-10H2,1-2H3,(H,20,22). The lowest BCUT2D eigenvalue weighted by atomic mass is 10.0. The highest BCUT2D eigenvalue weighted by Crippen LogP contribution is 2.22. The number of hydrogen-bond acceptors (Lipinski definition) is 2. The summed E-state index contributed by atoms with van der Waals surface area (Å²) in [7, 11) is 0. The molecule has 5 heteroatoms. The molecule has 4 nitrogen and oxygen atoms in total. The quantitative estimate of drug-likeness (QED) is 0.910. The second kappa shape index (κ2) is 6.15. The molecule has 22 heavy (non-hydrogen) atoms. The summed E-state index contributed by atoms with van der Waals surface area (Å²) in [4.78, 5) is 12.4. The molecule has 2 heterocycles. The van der Waals surface area contributed by atoms with Gasteiger partial charge < -0.3 is 15.2 Å². The summed E-state index contributed by atoms with van der Waals surface area (Å²) in [5.41, 5.74) is 3.74. The zero-order chi connectivity index (χ0) is 15.7. The Morgan fingerprint density at radius 1 is 1.32 bits per heavy atom. The maximum absolute atomic E-state index is 12.4. The molecule has 0 radical (unpaired) electrons. The minimum Gasteiger partial charge on any atom is -0.352 e. The third-order valence-corrected chi connectivity index (χ3v) is 4.43. The maximum Gasteiger partial charge on any atom is 0.253 e. The Hall–Kier alpha value is -1.78. The Bertz CT molecular complexity index is 687. The van der Waals surface area contributed by atoms with Gasteiger partial charge in [-0.15, -0.1) is 0 Å². The third-order valence-electron chi connectivity index (χ3n) is 4.18. The van der Waals surface area contributed by atoms with Gasteiger partial charge in [0.1, 0.15) is 0 Å². The Labute approximate surface area is 135 Å². The van der Waals surface area contributed by atoms with E-state index in [1.165, 1.54) is 0 Å². The summed E-state index contributed by atoms with van der Waals surface area (Å²) >= 11 is 5.95. The monoisotopic (exact) mass is 317 g/mol. The van der Waals surface area contributed by atoms with Crippen molar-refractivity contribution in [2.75, 3.05) is 19.6 Å². The van der Waals surface area contributed by atoms with Gasteiger partial charge >= 0.3 is 0 Å². The van der Waals surface area contributed by atoms with Crippen LogP contribution in [0.1, 0.15) is 21.7 Å². The highest BCUT2D eigenvalue weighted by Gasteiger charge is 2.20. The van der Waals surface area contributed by atoms with Crippen molar-refractivity contribution in [1.82, 2.24) is 15.2 Å². The molecule has 2 N–H and O–H groups in total. The Morgan fingerprint density at radius 2 is 2.00 bits per heavy atom. The molecule has 0 bridgehead atoms. The van der Waals surface area contributed by atoms with Crippen molar-refractivity contribution in [2.24, 2.45) is 5.92 Å². The summed E-state index contributed by atoms with van der Waals surface area (Å²) in [6, 6.07) is 9.59. The predicted octanol–water partition coefficient (Wildman–Crippen LogP) is 2.70. The van der Waals surface area contributed by atoms with Gasteiger partial charge in [-0.1, -0.05) is 11.6 Å². The first-order chi connectivity index (χ1) is 10.6. The second-order valence-corrected chi connectivity index (χ2v) is 6.27. The van der Waals surface area contributed by atoms with Crippen LogP contribution in [0.2, 0.25) is 5.02 Å². The molecule has 0 unspecified atom stereocenters. The first-order valence-electron chi connectivity index (χ1n) is 7.50. The fourth-order valence-corrected chi connectivity index (χ4v) is 2.93. The largest absolute Gasteiger partial charge is 0.352 e. The van der Waals surface area contributed by atoms with E-state index < -0.39 is 0 Å². The number of carbonyl (C=O) groups is 1. The van der Waals surface area contributed by atoms with Crippen LogP contribution in [0.25, 0.3) is 5.69 Å². The van der Waals surface area contributed by atoms with Gasteiger partial charge in [-0.25, -0.2) is 0 Å². The number of halogens is 1. The molecule has 2 aromatic rings. The van der Waals surface area contributed by atoms with Gasteiger partial charge in [0.15, 0.2) is 0 Å². The molecule has 1 amide bonds. The average molecular weight is 318 g/mol. The van der Waals surface area contributed by atoms with Gasteiger partial charge in [0.25, 0.3) is 5.91 Å². The molecule has 0 spiro atoms. The van der Waals surface area contributed by atoms with Gasteiger partial charge in [-0.05, 0) is 44.2 Å². The van der Waals surface area contributed by atoms with Gasteiger partial charge in [-0.2, -0.15) is 0 Å². The van der Waals surface area contributed by atoms with E-state index in [0.717, 1.165) is 42.3 Å². The number of aryl methyl sites for hydroxylation is 1. The van der Waals surface area contributed by atoms with Gasteiger partial charge in [0, 0.05) is 47.7 Å². The van der Waals surface area contributed by atoms with Crippen molar-refractivity contribution in [3.63, 3.8) is 0 Å². The van der Waals surface area contributed by atoms with Crippen LogP contribution in [0.4, 0.5) is 0 Å². The third kappa shape index (κ3) is 2.89. The topological polar surface area (TPSA) is 46.1 Å². The highest BCUT2D eigenvalue weighted by molar-refractivity contribution is 6.30. The zero-order valence-corrected chi connectivity index (χ0v) is 13.6. The molecule has 1 fully saturated rings. The van der Waals surface area contributed by atoms with E-state index in [1.807, 2.05) is 44.2 Å². The van der Waals surface area contributed by atoms with E-state index in [-0.39, 0.29) is 5.91 Å². The van der Waals surface area contributed by atoms with E-state index in [0.29, 0.717) is 10.9 Å². The molecule has 0 atom stereocenters. The van der Waals surface area contributed by atoms with Gasteiger partial charge in [-0.3, -0.25) is 4.79 Å². The molecule has 116 valence electrons. The van der Waals surface area contributed by atoms with Gasteiger partial charge in [0.2, 0.25) is 0 Å². The van der Waals surface area contributed by atoms with E-state index in [1.54, 1.807) is 0 Å². The molecular weight excluding hydrogens is 298 g/mol. The van der Waals surface area contributed by atoms with E-state index in [9.17, 15) is 4.79 Å². The summed E-state index contributed by atoms with van der Waals surface area (Å²) in [6.07, 6.45) is 0. The first kappa shape index (κ1) is 15.1. The minimum atomic E-state index is 0.000198. The van der Waals surface area contributed by atoms with E-state index in [4.69, 9.17) is 11.6 Å². The van der Waals surface area contributed by atoms with Crippen LogP contribution in [-0.2, 0) is 0 Å². The number of carbonyl (C=O) groups excluding carboxylic acids is 1. The van der Waals surface area contributed by atoms with Crippen LogP contribution in [0.3, 0.4) is 0 Å². The SMILES string of the molecule is Cc1cc(C(=O)NCC2CNC2)c(C)n1-c1ccc(Cl)cc1. The number of benzene rings is 1.